The van der Waals surface area contributed by atoms with Crippen molar-refractivity contribution in [3.05, 3.63) is 47.8 Å². The lowest BCUT2D eigenvalue weighted by Crippen LogP contribution is -2.47. The number of imidazole rings is 1. The van der Waals surface area contributed by atoms with E-state index in [0.29, 0.717) is 10.5 Å². The number of hydrogen-bond donors (Lipinski definition) is 0. The highest BCUT2D eigenvalue weighted by Crippen LogP contribution is 2.15. The van der Waals surface area contributed by atoms with Crippen LogP contribution in [0.5, 0.6) is 0 Å². The average molecular weight is 361 g/mol. The van der Waals surface area contributed by atoms with Crippen molar-refractivity contribution in [3.63, 3.8) is 0 Å². The van der Waals surface area contributed by atoms with Crippen LogP contribution in [0.1, 0.15) is 0 Å². The number of nitrogens with zero attached hydrogens (tertiary/aromatic N) is 6. The van der Waals surface area contributed by atoms with Crippen LogP contribution in [0.3, 0.4) is 0 Å². The Morgan fingerprint density at radius 3 is 2.52 bits per heavy atom. The van der Waals surface area contributed by atoms with Crippen molar-refractivity contribution in [2.45, 2.75) is 6.54 Å². The van der Waals surface area contributed by atoms with Gasteiger partial charge in [-0.05, 0) is 12.1 Å². The molecule has 0 atom stereocenters. The Bertz CT molecular complexity index is 857. The molecular formula is C17H18ClFN6. The molecule has 0 N–H and O–H groups in total. The first-order valence-electron chi connectivity index (χ1n) is 8.24. The molecule has 1 fully saturated rings. The lowest BCUT2D eigenvalue weighted by atomic mass is 10.3. The number of aromatic nitrogens is 4. The molecule has 1 aliphatic rings. The maximum Gasteiger partial charge on any atom is 0.225 e. The van der Waals surface area contributed by atoms with E-state index in [9.17, 15) is 4.39 Å². The second-order valence-electron chi connectivity index (χ2n) is 6.10. The van der Waals surface area contributed by atoms with Gasteiger partial charge in [-0.2, -0.15) is 0 Å². The second kappa shape index (κ2) is 6.93. The molecule has 0 spiro atoms. The van der Waals surface area contributed by atoms with Gasteiger partial charge in [-0.1, -0.05) is 11.6 Å². The molecular weight excluding hydrogens is 343 g/mol. The maximum absolute atomic E-state index is 13.2. The summed E-state index contributed by atoms with van der Waals surface area (Å²) in [6.45, 7) is 5.44. The Morgan fingerprint density at radius 2 is 1.76 bits per heavy atom. The fourth-order valence-electron chi connectivity index (χ4n) is 3.10. The quantitative estimate of drug-likeness (QED) is 0.715. The molecule has 0 radical (unpaired) electrons. The first-order chi connectivity index (χ1) is 12.2. The molecule has 1 aromatic carbocycles. The minimum Gasteiger partial charge on any atom is -0.338 e. The monoisotopic (exact) mass is 360 g/mol. The van der Waals surface area contributed by atoms with Crippen molar-refractivity contribution >= 4 is 28.6 Å². The summed E-state index contributed by atoms with van der Waals surface area (Å²) in [4.78, 5) is 17.4. The van der Waals surface area contributed by atoms with E-state index < -0.39 is 0 Å². The van der Waals surface area contributed by atoms with E-state index in [1.165, 1.54) is 12.1 Å². The van der Waals surface area contributed by atoms with Crippen LogP contribution in [-0.4, -0.2) is 57.1 Å². The van der Waals surface area contributed by atoms with Crippen LogP contribution in [0, 0.1) is 5.82 Å². The summed E-state index contributed by atoms with van der Waals surface area (Å²) in [5, 5.41) is 0.551. The topological polar surface area (TPSA) is 50.1 Å². The lowest BCUT2D eigenvalue weighted by Gasteiger charge is -2.34. The highest BCUT2D eigenvalue weighted by atomic mass is 35.5. The van der Waals surface area contributed by atoms with Gasteiger partial charge in [0.25, 0.3) is 0 Å². The normalized spacial score (nSPS) is 15.8. The summed E-state index contributed by atoms with van der Waals surface area (Å²) in [6, 6.07) is 4.73. The molecule has 0 saturated carbocycles. The highest BCUT2D eigenvalue weighted by molar-refractivity contribution is 6.30. The van der Waals surface area contributed by atoms with E-state index in [0.717, 1.165) is 50.7 Å². The van der Waals surface area contributed by atoms with Gasteiger partial charge in [0, 0.05) is 45.3 Å². The molecule has 25 heavy (non-hydrogen) atoms. The molecule has 6 nitrogen and oxygen atoms in total. The molecule has 1 saturated heterocycles. The smallest absolute Gasteiger partial charge is 0.225 e. The van der Waals surface area contributed by atoms with Crippen molar-refractivity contribution in [1.29, 1.82) is 0 Å². The van der Waals surface area contributed by atoms with Crippen molar-refractivity contribution in [1.82, 2.24) is 24.4 Å². The molecule has 2 aromatic heterocycles. The summed E-state index contributed by atoms with van der Waals surface area (Å²) >= 11 is 5.83. The zero-order valence-corrected chi connectivity index (χ0v) is 14.4. The van der Waals surface area contributed by atoms with E-state index in [-0.39, 0.29) is 5.82 Å². The zero-order chi connectivity index (χ0) is 17.2. The minimum absolute atomic E-state index is 0.252. The average Bonchev–Trinajstić information content (AvgIpc) is 3.03. The predicted molar refractivity (Wildman–Crippen MR) is 95.4 cm³/mol. The zero-order valence-electron chi connectivity index (χ0n) is 13.6. The second-order valence-corrected chi connectivity index (χ2v) is 6.54. The van der Waals surface area contributed by atoms with E-state index >= 15 is 0 Å². The Kier molecular flexibility index (Phi) is 4.50. The summed E-state index contributed by atoms with van der Waals surface area (Å²) < 4.78 is 15.3. The largest absolute Gasteiger partial charge is 0.338 e. The van der Waals surface area contributed by atoms with Crippen LogP contribution in [-0.2, 0) is 6.54 Å². The highest BCUT2D eigenvalue weighted by Gasteiger charge is 2.18. The molecule has 130 valence electrons. The van der Waals surface area contributed by atoms with Crippen molar-refractivity contribution in [3.8, 4) is 0 Å². The first-order valence-corrected chi connectivity index (χ1v) is 8.62. The standard InChI is InChI=1S/C17H18ClFN6/c18-13-10-20-17(21-11-13)24-6-3-23(4-7-24)5-8-25-12-22-15-9-14(19)1-2-16(15)25/h1-2,9-12H,3-8H2. The third kappa shape index (κ3) is 3.57. The van der Waals surface area contributed by atoms with Gasteiger partial charge in [0.2, 0.25) is 5.95 Å². The fraction of sp³-hybridized carbons (Fsp3) is 0.353. The summed E-state index contributed by atoms with van der Waals surface area (Å²) in [5.41, 5.74) is 1.67. The predicted octanol–water partition coefficient (Wildman–Crippen LogP) is 2.44. The van der Waals surface area contributed by atoms with Crippen LogP contribution in [0.4, 0.5) is 10.3 Å². The number of hydrogen-bond acceptors (Lipinski definition) is 5. The molecule has 0 amide bonds. The fourth-order valence-corrected chi connectivity index (χ4v) is 3.20. The molecule has 3 aromatic rings. The van der Waals surface area contributed by atoms with Gasteiger partial charge in [0.05, 0.1) is 34.8 Å². The van der Waals surface area contributed by atoms with Crippen LogP contribution in [0.15, 0.2) is 36.9 Å². The molecule has 8 heteroatoms. The first kappa shape index (κ1) is 16.2. The van der Waals surface area contributed by atoms with E-state index in [1.807, 2.05) is 0 Å². The van der Waals surface area contributed by atoms with Crippen LogP contribution in [0.25, 0.3) is 11.0 Å². The number of fused-ring (bicyclic) bond motifs is 1. The Balaban J connectivity index is 1.33. The Morgan fingerprint density at radius 1 is 1.00 bits per heavy atom. The Labute approximate surface area is 149 Å². The number of rotatable bonds is 4. The van der Waals surface area contributed by atoms with Gasteiger partial charge < -0.3 is 9.47 Å². The number of benzene rings is 1. The third-order valence-electron chi connectivity index (χ3n) is 4.50. The Hall–Kier alpha value is -2.25. The van der Waals surface area contributed by atoms with Crippen LogP contribution in [0.2, 0.25) is 5.02 Å². The number of piperazine rings is 1. The molecule has 4 rings (SSSR count). The molecule has 3 heterocycles. The third-order valence-corrected chi connectivity index (χ3v) is 4.70. The maximum atomic E-state index is 13.2. The van der Waals surface area contributed by atoms with E-state index in [4.69, 9.17) is 11.6 Å². The molecule has 1 aliphatic heterocycles. The summed E-state index contributed by atoms with van der Waals surface area (Å²) in [5.74, 6) is 0.477. The van der Waals surface area contributed by atoms with Gasteiger partial charge >= 0.3 is 0 Å². The van der Waals surface area contributed by atoms with Crippen molar-refractivity contribution in [2.75, 3.05) is 37.6 Å². The summed E-state index contributed by atoms with van der Waals surface area (Å²) in [7, 11) is 0. The van der Waals surface area contributed by atoms with Gasteiger partial charge in [-0.25, -0.2) is 19.3 Å². The van der Waals surface area contributed by atoms with Gasteiger partial charge in [-0.3, -0.25) is 4.90 Å². The van der Waals surface area contributed by atoms with Gasteiger partial charge in [0.1, 0.15) is 5.82 Å². The number of anilines is 1. The molecule has 0 unspecified atom stereocenters. The van der Waals surface area contributed by atoms with E-state index in [2.05, 4.69) is 29.3 Å². The lowest BCUT2D eigenvalue weighted by molar-refractivity contribution is 0.248. The van der Waals surface area contributed by atoms with Crippen molar-refractivity contribution < 1.29 is 4.39 Å². The van der Waals surface area contributed by atoms with E-state index in [1.54, 1.807) is 24.8 Å². The van der Waals surface area contributed by atoms with Gasteiger partial charge in [0.15, 0.2) is 0 Å². The van der Waals surface area contributed by atoms with Crippen LogP contribution >= 0.6 is 11.6 Å². The SMILES string of the molecule is Fc1ccc2c(c1)ncn2CCN1CCN(c2ncc(Cl)cn2)CC1. The van der Waals surface area contributed by atoms with Crippen molar-refractivity contribution in [2.24, 2.45) is 0 Å². The summed E-state index contributed by atoms with van der Waals surface area (Å²) in [6.07, 6.45) is 5.04. The minimum atomic E-state index is -0.252. The molecule has 0 bridgehead atoms. The van der Waals surface area contributed by atoms with Crippen LogP contribution < -0.4 is 4.90 Å². The molecule has 0 aliphatic carbocycles. The van der Waals surface area contributed by atoms with Gasteiger partial charge in [-0.15, -0.1) is 0 Å². The number of halogens is 2.